The molecule has 1 saturated heterocycles. The van der Waals surface area contributed by atoms with E-state index >= 15 is 0 Å². The largest absolute Gasteiger partial charge is 0.380 e. The Morgan fingerprint density at radius 1 is 1.07 bits per heavy atom. The first-order chi connectivity index (χ1) is 12.6. The second-order valence-corrected chi connectivity index (χ2v) is 10.2. The van der Waals surface area contributed by atoms with E-state index in [0.29, 0.717) is 23.5 Å². The number of hydrogen-bond acceptors (Lipinski definition) is 5. The lowest BCUT2D eigenvalue weighted by Crippen LogP contribution is -2.21. The van der Waals surface area contributed by atoms with E-state index in [0.717, 1.165) is 0 Å². The lowest BCUT2D eigenvalue weighted by molar-refractivity contribution is 0.102. The highest BCUT2D eigenvalue weighted by Gasteiger charge is 2.27. The first-order valence-electron chi connectivity index (χ1n) is 8.97. The van der Waals surface area contributed by atoms with E-state index in [2.05, 4.69) is 36.4 Å². The van der Waals surface area contributed by atoms with Gasteiger partial charge in [-0.25, -0.2) is 13.4 Å². The molecule has 3 rings (SSSR count). The Morgan fingerprint density at radius 2 is 1.74 bits per heavy atom. The number of amides is 1. The average molecular weight is 388 g/mol. The minimum Gasteiger partial charge on any atom is -0.380 e. The highest BCUT2D eigenvalue weighted by atomic mass is 32.2. The molecule has 27 heavy (non-hydrogen) atoms. The number of sulfone groups is 1. The minimum atomic E-state index is -2.93. The van der Waals surface area contributed by atoms with E-state index < -0.39 is 9.84 Å². The average Bonchev–Trinajstić information content (AvgIpc) is 2.93. The fourth-order valence-electron chi connectivity index (χ4n) is 3.01. The summed E-state index contributed by atoms with van der Waals surface area (Å²) in [7, 11) is -2.93. The van der Waals surface area contributed by atoms with E-state index in [-0.39, 0.29) is 28.9 Å². The summed E-state index contributed by atoms with van der Waals surface area (Å²) in [5, 5.41) is 6.00. The monoisotopic (exact) mass is 387 g/mol. The number of nitrogens with one attached hydrogen (secondary N) is 2. The fourth-order valence-corrected chi connectivity index (χ4v) is 4.68. The molecule has 6 nitrogen and oxygen atoms in total. The lowest BCUT2D eigenvalue weighted by Gasteiger charge is -2.19. The van der Waals surface area contributed by atoms with Crippen LogP contribution >= 0.6 is 0 Å². The third-order valence-corrected chi connectivity index (χ3v) is 6.38. The number of nitrogens with zero attached hydrogens (tertiary/aromatic N) is 1. The van der Waals surface area contributed by atoms with Crippen molar-refractivity contribution in [3.63, 3.8) is 0 Å². The van der Waals surface area contributed by atoms with Crippen LogP contribution in [0.5, 0.6) is 0 Å². The molecule has 1 aliphatic heterocycles. The molecule has 1 unspecified atom stereocenters. The zero-order valence-electron chi connectivity index (χ0n) is 15.8. The van der Waals surface area contributed by atoms with Crippen LogP contribution in [-0.4, -0.2) is 36.9 Å². The summed E-state index contributed by atoms with van der Waals surface area (Å²) in [6.07, 6.45) is 2.15. The predicted molar refractivity (Wildman–Crippen MR) is 108 cm³/mol. The Morgan fingerprint density at radius 3 is 2.26 bits per heavy atom. The van der Waals surface area contributed by atoms with Gasteiger partial charge in [0.2, 0.25) is 0 Å². The maximum Gasteiger partial charge on any atom is 0.274 e. The zero-order valence-corrected chi connectivity index (χ0v) is 16.6. The Bertz CT molecular complexity index is 914. The molecule has 2 heterocycles. The summed E-state index contributed by atoms with van der Waals surface area (Å²) < 4.78 is 23.0. The first-order valence-corrected chi connectivity index (χ1v) is 10.8. The molecular weight excluding hydrogens is 362 g/mol. The van der Waals surface area contributed by atoms with Crippen LogP contribution in [0, 0.1) is 0 Å². The molecular formula is C20H25N3O3S. The van der Waals surface area contributed by atoms with E-state index in [1.165, 1.54) is 5.56 Å². The van der Waals surface area contributed by atoms with Crippen LogP contribution in [0.4, 0.5) is 11.4 Å². The van der Waals surface area contributed by atoms with Crippen LogP contribution in [0.1, 0.15) is 43.2 Å². The maximum atomic E-state index is 12.4. The van der Waals surface area contributed by atoms with E-state index in [9.17, 15) is 13.2 Å². The molecule has 0 spiro atoms. The summed E-state index contributed by atoms with van der Waals surface area (Å²) in [4.78, 5) is 16.5. The molecule has 1 aliphatic rings. The number of anilines is 2. The predicted octanol–water partition coefficient (Wildman–Crippen LogP) is 3.23. The van der Waals surface area contributed by atoms with Gasteiger partial charge in [-0.15, -0.1) is 0 Å². The molecule has 1 aromatic carbocycles. The Labute approximate surface area is 160 Å². The van der Waals surface area contributed by atoms with Gasteiger partial charge in [0, 0.05) is 11.7 Å². The summed E-state index contributed by atoms with van der Waals surface area (Å²) in [5.41, 5.74) is 2.99. The second-order valence-electron chi connectivity index (χ2n) is 7.96. The summed E-state index contributed by atoms with van der Waals surface area (Å²) in [5.74, 6) is 0.0698. The number of rotatable bonds is 4. The number of pyridine rings is 1. The van der Waals surface area contributed by atoms with Gasteiger partial charge in [-0.2, -0.15) is 0 Å². The number of carbonyl (C=O) groups excluding carboxylic acids is 1. The number of benzene rings is 1. The van der Waals surface area contributed by atoms with Crippen molar-refractivity contribution in [3.05, 3.63) is 53.9 Å². The highest BCUT2D eigenvalue weighted by molar-refractivity contribution is 7.91. The molecule has 1 atom stereocenters. The van der Waals surface area contributed by atoms with Crippen molar-refractivity contribution in [2.45, 2.75) is 38.6 Å². The summed E-state index contributed by atoms with van der Waals surface area (Å²) >= 11 is 0. The quantitative estimate of drug-likeness (QED) is 0.841. The fraction of sp³-hybridized carbons (Fsp3) is 0.400. The number of aromatic nitrogens is 1. The standard InChI is InChI=1S/C20H25N3O3S/c1-20(2,3)14-4-6-15(7-5-14)23-19(24)18-9-8-16(12-21-18)22-17-10-11-27(25,26)13-17/h4-9,12,17,22H,10-11,13H2,1-3H3,(H,23,24). The van der Waals surface area contributed by atoms with Crippen molar-refractivity contribution < 1.29 is 13.2 Å². The smallest absolute Gasteiger partial charge is 0.274 e. The van der Waals surface area contributed by atoms with Crippen molar-refractivity contribution in [1.29, 1.82) is 0 Å². The van der Waals surface area contributed by atoms with Gasteiger partial charge in [0.05, 0.1) is 23.4 Å². The molecule has 2 aromatic rings. The third-order valence-electron chi connectivity index (χ3n) is 4.61. The van der Waals surface area contributed by atoms with Crippen LogP contribution in [0.25, 0.3) is 0 Å². The van der Waals surface area contributed by atoms with Gasteiger partial charge in [-0.3, -0.25) is 4.79 Å². The van der Waals surface area contributed by atoms with E-state index in [1.807, 2.05) is 24.3 Å². The van der Waals surface area contributed by atoms with Crippen molar-refractivity contribution in [1.82, 2.24) is 4.98 Å². The topological polar surface area (TPSA) is 88.2 Å². The van der Waals surface area contributed by atoms with Gasteiger partial charge in [0.25, 0.3) is 5.91 Å². The van der Waals surface area contributed by atoms with Gasteiger partial charge in [-0.1, -0.05) is 32.9 Å². The van der Waals surface area contributed by atoms with Crippen LogP contribution in [0.15, 0.2) is 42.6 Å². The van der Waals surface area contributed by atoms with Crippen LogP contribution in [-0.2, 0) is 15.3 Å². The Hall–Kier alpha value is -2.41. The van der Waals surface area contributed by atoms with Gasteiger partial charge >= 0.3 is 0 Å². The number of hydrogen-bond donors (Lipinski definition) is 2. The Kier molecular flexibility index (Phi) is 5.24. The first kappa shape index (κ1) is 19.4. The molecule has 7 heteroatoms. The van der Waals surface area contributed by atoms with Crippen molar-refractivity contribution in [2.24, 2.45) is 0 Å². The van der Waals surface area contributed by atoms with Crippen molar-refractivity contribution in [3.8, 4) is 0 Å². The molecule has 0 bridgehead atoms. The van der Waals surface area contributed by atoms with Crippen LogP contribution in [0.3, 0.4) is 0 Å². The van der Waals surface area contributed by atoms with Crippen molar-refractivity contribution >= 4 is 27.1 Å². The molecule has 144 valence electrons. The van der Waals surface area contributed by atoms with Gasteiger partial charge < -0.3 is 10.6 Å². The van der Waals surface area contributed by atoms with Gasteiger partial charge in [-0.05, 0) is 41.7 Å². The SMILES string of the molecule is CC(C)(C)c1ccc(NC(=O)c2ccc(NC3CCS(=O)(=O)C3)cn2)cc1. The van der Waals surface area contributed by atoms with E-state index in [4.69, 9.17) is 0 Å². The van der Waals surface area contributed by atoms with Gasteiger partial charge in [0.15, 0.2) is 9.84 Å². The minimum absolute atomic E-state index is 0.0611. The van der Waals surface area contributed by atoms with Crippen LogP contribution in [0.2, 0.25) is 0 Å². The lowest BCUT2D eigenvalue weighted by atomic mass is 9.87. The summed E-state index contributed by atoms with van der Waals surface area (Å²) in [6.45, 7) is 6.42. The van der Waals surface area contributed by atoms with E-state index in [1.54, 1.807) is 18.3 Å². The molecule has 0 saturated carbocycles. The number of carbonyl (C=O) groups is 1. The van der Waals surface area contributed by atoms with Crippen molar-refractivity contribution in [2.75, 3.05) is 22.1 Å². The molecule has 0 aliphatic carbocycles. The molecule has 1 amide bonds. The molecule has 1 fully saturated rings. The highest BCUT2D eigenvalue weighted by Crippen LogP contribution is 2.23. The molecule has 1 aromatic heterocycles. The Balaban J connectivity index is 1.60. The third kappa shape index (κ3) is 5.07. The summed E-state index contributed by atoms with van der Waals surface area (Å²) in [6, 6.07) is 11.1. The molecule has 0 radical (unpaired) electrons. The molecule has 2 N–H and O–H groups in total. The van der Waals surface area contributed by atoms with Crippen LogP contribution < -0.4 is 10.6 Å². The second kappa shape index (κ2) is 7.31. The zero-order chi connectivity index (χ0) is 19.7. The van der Waals surface area contributed by atoms with Gasteiger partial charge in [0.1, 0.15) is 5.69 Å². The normalized spacial score (nSPS) is 18.9. The maximum absolute atomic E-state index is 12.4.